The summed E-state index contributed by atoms with van der Waals surface area (Å²) in [6, 6.07) is 13.4. The van der Waals surface area contributed by atoms with E-state index in [9.17, 15) is 9.59 Å². The van der Waals surface area contributed by atoms with Crippen molar-refractivity contribution in [1.82, 2.24) is 0 Å². The number of ketones is 1. The maximum atomic E-state index is 12.5. The van der Waals surface area contributed by atoms with Crippen molar-refractivity contribution in [3.63, 3.8) is 0 Å². The molecule has 0 N–H and O–H groups in total. The second-order valence-electron chi connectivity index (χ2n) is 7.76. The number of carbonyl (C=O) groups is 2. The minimum absolute atomic E-state index is 0.198. The molecular formula is C23H26O3. The lowest BCUT2D eigenvalue weighted by Crippen LogP contribution is -2.38. The average Bonchev–Trinajstić information content (AvgIpc) is 2.61. The van der Waals surface area contributed by atoms with Crippen molar-refractivity contribution in [2.75, 3.05) is 0 Å². The largest absolute Gasteiger partial charge is 0.459 e. The van der Waals surface area contributed by atoms with Crippen molar-refractivity contribution in [1.29, 1.82) is 0 Å². The Morgan fingerprint density at radius 1 is 1.12 bits per heavy atom. The van der Waals surface area contributed by atoms with Gasteiger partial charge in [-0.05, 0) is 56.9 Å². The van der Waals surface area contributed by atoms with Crippen LogP contribution >= 0.6 is 0 Å². The van der Waals surface area contributed by atoms with Gasteiger partial charge in [0, 0.05) is 11.5 Å². The first-order chi connectivity index (χ1) is 12.3. The molecule has 0 bridgehead atoms. The van der Waals surface area contributed by atoms with Crippen LogP contribution in [0.3, 0.4) is 0 Å². The first-order valence-electron chi connectivity index (χ1n) is 9.24. The molecule has 0 saturated carbocycles. The van der Waals surface area contributed by atoms with E-state index in [4.69, 9.17) is 4.74 Å². The molecule has 2 aromatic rings. The van der Waals surface area contributed by atoms with Gasteiger partial charge in [0.25, 0.3) is 0 Å². The highest BCUT2D eigenvalue weighted by Gasteiger charge is 2.34. The fraction of sp³-hybridized carbons (Fsp3) is 0.391. The summed E-state index contributed by atoms with van der Waals surface area (Å²) in [6.07, 6.45) is 4.99. The smallest absolute Gasteiger partial charge is 0.314 e. The van der Waals surface area contributed by atoms with Crippen molar-refractivity contribution in [2.45, 2.75) is 52.1 Å². The predicted octanol–water partition coefficient (Wildman–Crippen LogP) is 5.48. The van der Waals surface area contributed by atoms with Gasteiger partial charge in [0.2, 0.25) is 0 Å². The summed E-state index contributed by atoms with van der Waals surface area (Å²) < 4.78 is 5.70. The second-order valence-corrected chi connectivity index (χ2v) is 7.76. The van der Waals surface area contributed by atoms with Gasteiger partial charge in [0.1, 0.15) is 12.0 Å². The molecule has 0 heterocycles. The Morgan fingerprint density at radius 3 is 2.54 bits per heavy atom. The molecule has 3 rings (SSSR count). The van der Waals surface area contributed by atoms with Crippen LogP contribution in [0.1, 0.15) is 56.8 Å². The van der Waals surface area contributed by atoms with E-state index in [2.05, 4.69) is 13.0 Å². The van der Waals surface area contributed by atoms with Crippen LogP contribution in [-0.2, 0) is 9.53 Å². The van der Waals surface area contributed by atoms with Gasteiger partial charge in [-0.1, -0.05) is 48.0 Å². The third-order valence-corrected chi connectivity index (χ3v) is 5.37. The van der Waals surface area contributed by atoms with Crippen LogP contribution in [0.25, 0.3) is 10.8 Å². The zero-order valence-electron chi connectivity index (χ0n) is 15.7. The van der Waals surface area contributed by atoms with E-state index in [1.165, 1.54) is 5.57 Å². The highest BCUT2D eigenvalue weighted by molar-refractivity contribution is 6.07. The van der Waals surface area contributed by atoms with Gasteiger partial charge in [0.05, 0.1) is 0 Å². The molecule has 0 spiro atoms. The van der Waals surface area contributed by atoms with E-state index in [1.807, 2.05) is 50.2 Å². The number of rotatable bonds is 5. The lowest BCUT2D eigenvalue weighted by molar-refractivity contribution is -0.160. The van der Waals surface area contributed by atoms with Gasteiger partial charge < -0.3 is 4.74 Å². The summed E-state index contributed by atoms with van der Waals surface area (Å²) in [6.45, 7) is 6.03. The Hall–Kier alpha value is -2.42. The summed E-state index contributed by atoms with van der Waals surface area (Å²) in [5.74, 6) is -0.346. The van der Waals surface area contributed by atoms with Gasteiger partial charge in [0.15, 0.2) is 5.78 Å². The summed E-state index contributed by atoms with van der Waals surface area (Å²) in [7, 11) is 0. The SMILES string of the molecule is CC1=CCC(C(C)(C)OC(=O)CC(=O)c2ccc3ccccc3c2)CC1. The molecule has 26 heavy (non-hydrogen) atoms. The van der Waals surface area contributed by atoms with Gasteiger partial charge in [-0.25, -0.2) is 0 Å². The summed E-state index contributed by atoms with van der Waals surface area (Å²) >= 11 is 0. The van der Waals surface area contributed by atoms with Crippen LogP contribution in [-0.4, -0.2) is 17.4 Å². The normalized spacial score (nSPS) is 17.7. The number of allylic oxidation sites excluding steroid dienone is 2. The van der Waals surface area contributed by atoms with Crippen molar-refractivity contribution in [2.24, 2.45) is 5.92 Å². The molecule has 3 heteroatoms. The van der Waals surface area contributed by atoms with Crippen LogP contribution in [0.5, 0.6) is 0 Å². The first-order valence-corrected chi connectivity index (χ1v) is 9.24. The third kappa shape index (κ3) is 4.21. The second kappa shape index (κ2) is 7.45. The molecule has 0 saturated heterocycles. The van der Waals surface area contributed by atoms with E-state index < -0.39 is 11.6 Å². The Labute approximate surface area is 155 Å². The standard InChI is InChI=1S/C23H26O3/c1-16-8-12-20(13-9-16)23(2,3)26-22(25)15-21(24)19-11-10-17-6-4-5-7-18(17)14-19/h4-8,10-11,14,20H,9,12-13,15H2,1-3H3. The van der Waals surface area contributed by atoms with Crippen LogP contribution in [0.2, 0.25) is 0 Å². The first kappa shape index (κ1) is 18.4. The van der Waals surface area contributed by atoms with Crippen LogP contribution in [0.15, 0.2) is 54.1 Å². The maximum Gasteiger partial charge on any atom is 0.314 e. The minimum Gasteiger partial charge on any atom is -0.459 e. The molecule has 1 aliphatic rings. The molecular weight excluding hydrogens is 324 g/mol. The zero-order valence-corrected chi connectivity index (χ0v) is 15.7. The lowest BCUT2D eigenvalue weighted by atomic mass is 9.79. The highest BCUT2D eigenvalue weighted by Crippen LogP contribution is 2.34. The summed E-state index contributed by atoms with van der Waals surface area (Å²) in [5, 5.41) is 2.07. The fourth-order valence-electron chi connectivity index (χ4n) is 3.61. The Morgan fingerprint density at radius 2 is 1.85 bits per heavy atom. The van der Waals surface area contributed by atoms with Gasteiger partial charge >= 0.3 is 5.97 Å². The molecule has 0 fully saturated rings. The van der Waals surface area contributed by atoms with Gasteiger partial charge in [-0.15, -0.1) is 0 Å². The number of hydrogen-bond donors (Lipinski definition) is 0. The number of esters is 1. The van der Waals surface area contributed by atoms with Crippen LogP contribution < -0.4 is 0 Å². The Bertz CT molecular complexity index is 861. The summed E-state index contributed by atoms with van der Waals surface area (Å²) in [5.41, 5.74) is 1.39. The van der Waals surface area contributed by atoms with Crippen molar-refractivity contribution >= 4 is 22.5 Å². The quantitative estimate of drug-likeness (QED) is 0.310. The van der Waals surface area contributed by atoms with E-state index in [-0.39, 0.29) is 12.2 Å². The summed E-state index contributed by atoms with van der Waals surface area (Å²) in [4.78, 5) is 24.8. The van der Waals surface area contributed by atoms with E-state index in [0.717, 1.165) is 30.0 Å². The van der Waals surface area contributed by atoms with Crippen molar-refractivity contribution in [3.8, 4) is 0 Å². The third-order valence-electron chi connectivity index (χ3n) is 5.37. The molecule has 0 aromatic heterocycles. The van der Waals surface area contributed by atoms with E-state index in [0.29, 0.717) is 11.5 Å². The molecule has 1 aliphatic carbocycles. The van der Waals surface area contributed by atoms with Crippen LogP contribution in [0, 0.1) is 5.92 Å². The van der Waals surface area contributed by atoms with Crippen LogP contribution in [0.4, 0.5) is 0 Å². The van der Waals surface area contributed by atoms with Gasteiger partial charge in [-0.2, -0.15) is 0 Å². The van der Waals surface area contributed by atoms with Crippen molar-refractivity contribution in [3.05, 3.63) is 59.7 Å². The number of hydrogen-bond acceptors (Lipinski definition) is 3. The molecule has 3 nitrogen and oxygen atoms in total. The Balaban J connectivity index is 1.64. The number of carbonyl (C=O) groups excluding carboxylic acids is 2. The number of fused-ring (bicyclic) bond motifs is 1. The zero-order chi connectivity index (χ0) is 18.7. The highest BCUT2D eigenvalue weighted by atomic mass is 16.6. The van der Waals surface area contributed by atoms with Gasteiger partial charge in [-0.3, -0.25) is 9.59 Å². The van der Waals surface area contributed by atoms with E-state index in [1.54, 1.807) is 6.07 Å². The molecule has 0 radical (unpaired) electrons. The topological polar surface area (TPSA) is 43.4 Å². The monoisotopic (exact) mass is 350 g/mol. The molecule has 1 unspecified atom stereocenters. The van der Waals surface area contributed by atoms with E-state index >= 15 is 0 Å². The molecule has 1 atom stereocenters. The predicted molar refractivity (Wildman–Crippen MR) is 104 cm³/mol. The molecule has 2 aromatic carbocycles. The lowest BCUT2D eigenvalue weighted by Gasteiger charge is -2.35. The molecule has 0 amide bonds. The van der Waals surface area contributed by atoms with Crippen molar-refractivity contribution < 1.29 is 14.3 Å². The fourth-order valence-corrected chi connectivity index (χ4v) is 3.61. The minimum atomic E-state index is -0.558. The average molecular weight is 350 g/mol. The Kier molecular flexibility index (Phi) is 5.26. The maximum absolute atomic E-state index is 12.5. The number of benzene rings is 2. The number of ether oxygens (including phenoxy) is 1. The molecule has 0 aliphatic heterocycles. The molecule has 136 valence electrons. The number of Topliss-reactive ketones (excluding diaryl/α,β-unsaturated/α-hetero) is 1.